The molecule has 0 radical (unpaired) electrons. The number of amides is 1. The Morgan fingerprint density at radius 2 is 1.84 bits per heavy atom. The van der Waals surface area contributed by atoms with Crippen LogP contribution in [0, 0.1) is 5.92 Å². The van der Waals surface area contributed by atoms with Crippen LogP contribution in [0.2, 0.25) is 0 Å². The molecular weight excluding hydrogens is 316 g/mol. The molecule has 5 heteroatoms. The van der Waals surface area contributed by atoms with Crippen molar-refractivity contribution in [2.45, 2.75) is 25.7 Å². The molecule has 1 aromatic carbocycles. The summed E-state index contributed by atoms with van der Waals surface area (Å²) in [4.78, 5) is 29.6. The fraction of sp³-hybridized carbons (Fsp3) is 0.350. The zero-order chi connectivity index (χ0) is 17.8. The highest BCUT2D eigenvalue weighted by atomic mass is 16.4. The van der Waals surface area contributed by atoms with Gasteiger partial charge in [-0.05, 0) is 36.0 Å². The van der Waals surface area contributed by atoms with Gasteiger partial charge >= 0.3 is 5.97 Å². The standard InChI is InChI=1S/C20H22N2O3/c1-2-14-13-22(12-11-16(14)15-7-4-3-5-8-15)19(23)17-9-6-10-18(21-17)20(24)25/h3-10,14,16H,2,11-13H2,1H3,(H,24,25). The number of aromatic carboxylic acids is 1. The third-order valence-electron chi connectivity index (χ3n) is 4.96. The number of likely N-dealkylation sites (tertiary alicyclic amines) is 1. The van der Waals surface area contributed by atoms with Crippen LogP contribution in [-0.2, 0) is 0 Å². The number of carbonyl (C=O) groups is 2. The van der Waals surface area contributed by atoms with Gasteiger partial charge in [-0.2, -0.15) is 0 Å². The van der Waals surface area contributed by atoms with Crippen molar-refractivity contribution in [2.24, 2.45) is 5.92 Å². The summed E-state index contributed by atoms with van der Waals surface area (Å²) in [5, 5.41) is 9.05. The Morgan fingerprint density at radius 1 is 1.12 bits per heavy atom. The molecule has 2 unspecified atom stereocenters. The minimum atomic E-state index is -1.12. The Hall–Kier alpha value is -2.69. The number of carboxylic acid groups (broad SMARTS) is 1. The molecule has 1 aromatic heterocycles. The van der Waals surface area contributed by atoms with Gasteiger partial charge in [0.2, 0.25) is 0 Å². The molecule has 5 nitrogen and oxygen atoms in total. The number of nitrogens with zero attached hydrogens (tertiary/aromatic N) is 2. The molecule has 3 rings (SSSR count). The summed E-state index contributed by atoms with van der Waals surface area (Å²) in [5.74, 6) is -0.465. The lowest BCUT2D eigenvalue weighted by Gasteiger charge is -2.38. The average molecular weight is 338 g/mol. The van der Waals surface area contributed by atoms with E-state index in [9.17, 15) is 9.59 Å². The van der Waals surface area contributed by atoms with E-state index in [1.54, 1.807) is 12.1 Å². The highest BCUT2D eigenvalue weighted by Crippen LogP contribution is 2.35. The molecule has 1 aliphatic rings. The molecular formula is C20H22N2O3. The molecule has 1 amide bonds. The van der Waals surface area contributed by atoms with Gasteiger partial charge in [0.15, 0.2) is 0 Å². The van der Waals surface area contributed by atoms with Gasteiger partial charge in [-0.1, -0.05) is 49.7 Å². The average Bonchev–Trinajstić information content (AvgIpc) is 2.67. The first-order valence-corrected chi connectivity index (χ1v) is 8.64. The van der Waals surface area contributed by atoms with Crippen LogP contribution in [0.15, 0.2) is 48.5 Å². The van der Waals surface area contributed by atoms with Gasteiger partial charge in [-0.25, -0.2) is 9.78 Å². The van der Waals surface area contributed by atoms with Crippen molar-refractivity contribution in [1.29, 1.82) is 0 Å². The summed E-state index contributed by atoms with van der Waals surface area (Å²) < 4.78 is 0. The molecule has 1 N–H and O–H groups in total. The Labute approximate surface area is 147 Å². The van der Waals surface area contributed by atoms with Crippen molar-refractivity contribution in [1.82, 2.24) is 9.88 Å². The lowest BCUT2D eigenvalue weighted by Crippen LogP contribution is -2.43. The highest BCUT2D eigenvalue weighted by Gasteiger charge is 2.32. The van der Waals surface area contributed by atoms with Crippen molar-refractivity contribution in [3.8, 4) is 0 Å². The third kappa shape index (κ3) is 3.71. The van der Waals surface area contributed by atoms with Gasteiger partial charge in [-0.15, -0.1) is 0 Å². The van der Waals surface area contributed by atoms with Crippen molar-refractivity contribution in [3.05, 3.63) is 65.5 Å². The predicted molar refractivity (Wildman–Crippen MR) is 94.7 cm³/mol. The van der Waals surface area contributed by atoms with E-state index in [1.165, 1.54) is 11.6 Å². The van der Waals surface area contributed by atoms with Crippen molar-refractivity contribution >= 4 is 11.9 Å². The molecule has 0 bridgehead atoms. The maximum absolute atomic E-state index is 12.7. The van der Waals surface area contributed by atoms with Gasteiger partial charge < -0.3 is 10.0 Å². The van der Waals surface area contributed by atoms with Crippen molar-refractivity contribution < 1.29 is 14.7 Å². The second-order valence-electron chi connectivity index (χ2n) is 6.44. The summed E-state index contributed by atoms with van der Waals surface area (Å²) in [6.45, 7) is 3.49. The van der Waals surface area contributed by atoms with Gasteiger partial charge in [0.1, 0.15) is 11.4 Å². The van der Waals surface area contributed by atoms with Crippen LogP contribution in [-0.4, -0.2) is 40.0 Å². The molecule has 2 heterocycles. The first-order valence-electron chi connectivity index (χ1n) is 8.64. The normalized spacial score (nSPS) is 20.3. The highest BCUT2D eigenvalue weighted by molar-refractivity contribution is 5.94. The lowest BCUT2D eigenvalue weighted by atomic mass is 9.79. The summed E-state index contributed by atoms with van der Waals surface area (Å²) in [6, 6.07) is 15.0. The van der Waals surface area contributed by atoms with E-state index in [-0.39, 0.29) is 17.3 Å². The SMILES string of the molecule is CCC1CN(C(=O)c2cccc(C(=O)O)n2)CCC1c1ccccc1. The smallest absolute Gasteiger partial charge is 0.354 e. The maximum Gasteiger partial charge on any atom is 0.354 e. The Bertz CT molecular complexity index is 761. The zero-order valence-electron chi connectivity index (χ0n) is 14.3. The second-order valence-corrected chi connectivity index (χ2v) is 6.44. The molecule has 130 valence electrons. The number of aromatic nitrogens is 1. The molecule has 2 atom stereocenters. The van der Waals surface area contributed by atoms with E-state index >= 15 is 0 Å². The number of rotatable bonds is 4. The van der Waals surface area contributed by atoms with Crippen LogP contribution < -0.4 is 0 Å². The molecule has 0 spiro atoms. The zero-order valence-corrected chi connectivity index (χ0v) is 14.3. The van der Waals surface area contributed by atoms with E-state index < -0.39 is 5.97 Å². The van der Waals surface area contributed by atoms with E-state index in [4.69, 9.17) is 5.11 Å². The van der Waals surface area contributed by atoms with E-state index in [0.717, 1.165) is 12.8 Å². The largest absolute Gasteiger partial charge is 0.477 e. The second kappa shape index (κ2) is 7.47. The van der Waals surface area contributed by atoms with Crippen molar-refractivity contribution in [3.63, 3.8) is 0 Å². The number of carboxylic acids is 1. The topological polar surface area (TPSA) is 70.5 Å². The van der Waals surface area contributed by atoms with Gasteiger partial charge in [0.05, 0.1) is 0 Å². The van der Waals surface area contributed by atoms with Gasteiger partial charge in [0.25, 0.3) is 5.91 Å². The first kappa shape index (κ1) is 17.1. The van der Waals surface area contributed by atoms with Crippen LogP contribution in [0.3, 0.4) is 0 Å². The Balaban J connectivity index is 1.76. The van der Waals surface area contributed by atoms with E-state index in [0.29, 0.717) is 24.9 Å². The number of piperidine rings is 1. The number of hydrogen-bond donors (Lipinski definition) is 1. The Morgan fingerprint density at radius 3 is 2.52 bits per heavy atom. The lowest BCUT2D eigenvalue weighted by molar-refractivity contribution is 0.0638. The fourth-order valence-corrected chi connectivity index (χ4v) is 3.60. The molecule has 2 aromatic rings. The van der Waals surface area contributed by atoms with Crippen LogP contribution >= 0.6 is 0 Å². The quantitative estimate of drug-likeness (QED) is 0.927. The molecule has 0 saturated carbocycles. The summed E-state index contributed by atoms with van der Waals surface area (Å²) in [7, 11) is 0. The third-order valence-corrected chi connectivity index (χ3v) is 4.96. The number of pyridine rings is 1. The molecule has 1 saturated heterocycles. The van der Waals surface area contributed by atoms with Crippen LogP contribution in [0.5, 0.6) is 0 Å². The summed E-state index contributed by atoms with van der Waals surface area (Å²) >= 11 is 0. The predicted octanol–water partition coefficient (Wildman–Crippen LogP) is 3.44. The van der Waals surface area contributed by atoms with Gasteiger partial charge in [0, 0.05) is 13.1 Å². The summed E-state index contributed by atoms with van der Waals surface area (Å²) in [5.41, 5.74) is 1.43. The van der Waals surface area contributed by atoms with Crippen molar-refractivity contribution in [2.75, 3.05) is 13.1 Å². The minimum absolute atomic E-state index is 0.0999. The van der Waals surface area contributed by atoms with Crippen LogP contribution in [0.4, 0.5) is 0 Å². The number of carbonyl (C=O) groups excluding carboxylic acids is 1. The van der Waals surface area contributed by atoms with Crippen LogP contribution in [0.1, 0.15) is 52.2 Å². The fourth-order valence-electron chi connectivity index (χ4n) is 3.60. The molecule has 1 fully saturated rings. The molecule has 1 aliphatic heterocycles. The monoisotopic (exact) mass is 338 g/mol. The van der Waals surface area contributed by atoms with E-state index in [1.807, 2.05) is 11.0 Å². The molecule has 25 heavy (non-hydrogen) atoms. The number of benzene rings is 1. The van der Waals surface area contributed by atoms with Gasteiger partial charge in [-0.3, -0.25) is 4.79 Å². The van der Waals surface area contributed by atoms with Crippen LogP contribution in [0.25, 0.3) is 0 Å². The minimum Gasteiger partial charge on any atom is -0.477 e. The Kier molecular flexibility index (Phi) is 5.12. The number of hydrogen-bond acceptors (Lipinski definition) is 3. The maximum atomic E-state index is 12.7. The molecule has 0 aliphatic carbocycles. The first-order chi connectivity index (χ1) is 12.1. The van der Waals surface area contributed by atoms with E-state index in [2.05, 4.69) is 36.2 Å². The summed E-state index contributed by atoms with van der Waals surface area (Å²) in [6.07, 6.45) is 1.90.